The minimum atomic E-state index is -0.00626. The van der Waals surface area contributed by atoms with Crippen LogP contribution in [0.2, 0.25) is 0 Å². The van der Waals surface area contributed by atoms with Crippen molar-refractivity contribution in [2.24, 2.45) is 5.92 Å². The normalized spacial score (nSPS) is 14.8. The van der Waals surface area contributed by atoms with E-state index in [0.717, 1.165) is 41.0 Å². The van der Waals surface area contributed by atoms with E-state index in [1.807, 2.05) is 36.4 Å². The fourth-order valence-corrected chi connectivity index (χ4v) is 4.26. The van der Waals surface area contributed by atoms with Crippen molar-refractivity contribution in [3.63, 3.8) is 0 Å². The zero-order chi connectivity index (χ0) is 19.1. The summed E-state index contributed by atoms with van der Waals surface area (Å²) in [5.41, 5.74) is 3.23. The molecule has 3 rings (SSSR count). The van der Waals surface area contributed by atoms with Gasteiger partial charge >= 0.3 is 0 Å². The number of nitrogens with zero attached hydrogens (tertiary/aromatic N) is 1. The molecule has 0 spiro atoms. The Labute approximate surface area is 171 Å². The number of anilines is 1. The number of carbonyl (C=O) groups is 1. The topological polar surface area (TPSA) is 32.3 Å². The third-order valence-electron chi connectivity index (χ3n) is 4.90. The maximum atomic E-state index is 12.4. The van der Waals surface area contributed by atoms with Crippen LogP contribution in [0.4, 0.5) is 5.69 Å². The third-order valence-corrected chi connectivity index (χ3v) is 6.42. The Morgan fingerprint density at radius 3 is 2.52 bits per heavy atom. The molecule has 1 N–H and O–H groups in total. The predicted molar refractivity (Wildman–Crippen MR) is 119 cm³/mol. The Kier molecular flexibility index (Phi) is 7.30. The SMILES string of the molecule is CC1CCN(C(=S)SCC(=O)Nc2ccccc2Cc2ccccc2)CC1. The molecular formula is C22H26N2OS2. The number of para-hydroxylation sites is 1. The average molecular weight is 399 g/mol. The van der Waals surface area contributed by atoms with Gasteiger partial charge in [-0.15, -0.1) is 0 Å². The summed E-state index contributed by atoms with van der Waals surface area (Å²) in [5, 5.41) is 3.06. The van der Waals surface area contributed by atoms with Gasteiger partial charge in [0, 0.05) is 18.8 Å². The maximum absolute atomic E-state index is 12.4. The number of thiocarbonyl (C=S) groups is 1. The smallest absolute Gasteiger partial charge is 0.234 e. The van der Waals surface area contributed by atoms with Gasteiger partial charge in [-0.25, -0.2) is 0 Å². The second-order valence-electron chi connectivity index (χ2n) is 7.09. The first-order valence-electron chi connectivity index (χ1n) is 9.45. The number of hydrogen-bond donors (Lipinski definition) is 1. The van der Waals surface area contributed by atoms with Gasteiger partial charge < -0.3 is 10.2 Å². The molecular weight excluding hydrogens is 372 g/mol. The largest absolute Gasteiger partial charge is 0.357 e. The zero-order valence-electron chi connectivity index (χ0n) is 15.7. The van der Waals surface area contributed by atoms with E-state index in [2.05, 4.69) is 35.3 Å². The summed E-state index contributed by atoms with van der Waals surface area (Å²) in [4.78, 5) is 14.7. The van der Waals surface area contributed by atoms with Gasteiger partial charge in [0.15, 0.2) is 0 Å². The van der Waals surface area contributed by atoms with E-state index in [-0.39, 0.29) is 5.91 Å². The van der Waals surface area contributed by atoms with Gasteiger partial charge in [0.05, 0.1) is 5.75 Å². The van der Waals surface area contributed by atoms with Crippen LogP contribution in [0.5, 0.6) is 0 Å². The van der Waals surface area contributed by atoms with Gasteiger partial charge in [0.1, 0.15) is 4.32 Å². The Morgan fingerprint density at radius 2 is 1.78 bits per heavy atom. The molecule has 1 heterocycles. The lowest BCUT2D eigenvalue weighted by Crippen LogP contribution is -2.36. The Hall–Kier alpha value is -1.85. The van der Waals surface area contributed by atoms with Crippen molar-refractivity contribution < 1.29 is 4.79 Å². The number of rotatable bonds is 5. The molecule has 1 fully saturated rings. The number of nitrogens with one attached hydrogen (secondary N) is 1. The number of carbonyl (C=O) groups excluding carboxylic acids is 1. The van der Waals surface area contributed by atoms with Gasteiger partial charge in [-0.05, 0) is 42.4 Å². The van der Waals surface area contributed by atoms with Crippen molar-refractivity contribution >= 4 is 39.9 Å². The Bertz CT molecular complexity index is 771. The number of likely N-dealkylation sites (tertiary alicyclic amines) is 1. The minimum Gasteiger partial charge on any atom is -0.357 e. The molecule has 142 valence electrons. The quantitative estimate of drug-likeness (QED) is 0.721. The molecule has 1 saturated heterocycles. The molecule has 2 aromatic rings. The Morgan fingerprint density at radius 1 is 1.11 bits per heavy atom. The van der Waals surface area contributed by atoms with Crippen molar-refractivity contribution in [3.8, 4) is 0 Å². The third kappa shape index (κ3) is 6.08. The first-order valence-corrected chi connectivity index (χ1v) is 10.8. The molecule has 5 heteroatoms. The van der Waals surface area contributed by atoms with Gasteiger partial charge in [-0.2, -0.15) is 0 Å². The fourth-order valence-electron chi connectivity index (χ4n) is 3.21. The van der Waals surface area contributed by atoms with E-state index in [0.29, 0.717) is 5.75 Å². The molecule has 0 bridgehead atoms. The molecule has 0 saturated carbocycles. The number of thioether (sulfide) groups is 1. The molecule has 27 heavy (non-hydrogen) atoms. The molecule has 1 amide bonds. The van der Waals surface area contributed by atoms with Crippen LogP contribution in [0, 0.1) is 5.92 Å². The highest BCUT2D eigenvalue weighted by atomic mass is 32.2. The average Bonchev–Trinajstić information content (AvgIpc) is 2.69. The molecule has 1 aliphatic heterocycles. The highest BCUT2D eigenvalue weighted by Gasteiger charge is 2.19. The minimum absolute atomic E-state index is 0.00626. The van der Waals surface area contributed by atoms with E-state index in [1.54, 1.807) is 0 Å². The number of piperidine rings is 1. The molecule has 3 nitrogen and oxygen atoms in total. The predicted octanol–water partition coefficient (Wildman–Crippen LogP) is 4.97. The summed E-state index contributed by atoms with van der Waals surface area (Å²) in [7, 11) is 0. The van der Waals surface area contributed by atoms with Crippen molar-refractivity contribution in [2.75, 3.05) is 24.2 Å². The molecule has 0 aromatic heterocycles. The van der Waals surface area contributed by atoms with Crippen molar-refractivity contribution in [3.05, 3.63) is 65.7 Å². The first-order chi connectivity index (χ1) is 13.1. The van der Waals surface area contributed by atoms with Gasteiger partial charge in [0.25, 0.3) is 0 Å². The molecule has 0 aliphatic carbocycles. The van der Waals surface area contributed by atoms with E-state index >= 15 is 0 Å². The zero-order valence-corrected chi connectivity index (χ0v) is 17.3. The van der Waals surface area contributed by atoms with Crippen LogP contribution in [0.25, 0.3) is 0 Å². The highest BCUT2D eigenvalue weighted by molar-refractivity contribution is 8.23. The molecule has 0 radical (unpaired) electrons. The van der Waals surface area contributed by atoms with Crippen LogP contribution in [-0.2, 0) is 11.2 Å². The van der Waals surface area contributed by atoms with Crippen LogP contribution < -0.4 is 5.32 Å². The first kappa shape index (κ1) is 19.9. The monoisotopic (exact) mass is 398 g/mol. The summed E-state index contributed by atoms with van der Waals surface area (Å²) in [6.07, 6.45) is 3.16. The van der Waals surface area contributed by atoms with Crippen LogP contribution >= 0.6 is 24.0 Å². The number of amides is 1. The second kappa shape index (κ2) is 9.90. The van der Waals surface area contributed by atoms with Crippen LogP contribution in [0.15, 0.2) is 54.6 Å². The summed E-state index contributed by atoms with van der Waals surface area (Å²) < 4.78 is 0.842. The van der Waals surface area contributed by atoms with E-state index in [1.165, 1.54) is 30.2 Å². The molecule has 1 aliphatic rings. The fraction of sp³-hybridized carbons (Fsp3) is 0.364. The lowest BCUT2D eigenvalue weighted by Gasteiger charge is -2.31. The van der Waals surface area contributed by atoms with Gasteiger partial charge in [-0.1, -0.05) is 79.4 Å². The standard InChI is InChI=1S/C22H26N2OS2/c1-17-11-13-24(14-12-17)22(26)27-16-21(25)23-20-10-6-5-9-19(20)15-18-7-3-2-4-8-18/h2-10,17H,11-16H2,1H3,(H,23,25). The van der Waals surface area contributed by atoms with Crippen LogP contribution in [0.1, 0.15) is 30.9 Å². The second-order valence-corrected chi connectivity index (χ2v) is 8.70. The van der Waals surface area contributed by atoms with Gasteiger partial charge in [0.2, 0.25) is 5.91 Å². The summed E-state index contributed by atoms with van der Waals surface area (Å²) in [6.45, 7) is 4.30. The van der Waals surface area contributed by atoms with E-state index in [9.17, 15) is 4.79 Å². The summed E-state index contributed by atoms with van der Waals surface area (Å²) in [6, 6.07) is 18.3. The summed E-state index contributed by atoms with van der Waals surface area (Å²) in [5.74, 6) is 1.12. The van der Waals surface area contributed by atoms with E-state index < -0.39 is 0 Å². The molecule has 0 unspecified atom stereocenters. The molecule has 2 aromatic carbocycles. The Balaban J connectivity index is 1.53. The number of hydrogen-bond acceptors (Lipinski definition) is 3. The summed E-state index contributed by atoms with van der Waals surface area (Å²) >= 11 is 6.98. The number of benzene rings is 2. The van der Waals surface area contributed by atoms with Crippen LogP contribution in [-0.4, -0.2) is 34.0 Å². The lowest BCUT2D eigenvalue weighted by atomic mass is 10.00. The van der Waals surface area contributed by atoms with Crippen molar-refractivity contribution in [1.29, 1.82) is 0 Å². The highest BCUT2D eigenvalue weighted by Crippen LogP contribution is 2.22. The van der Waals surface area contributed by atoms with Crippen LogP contribution in [0.3, 0.4) is 0 Å². The van der Waals surface area contributed by atoms with Crippen molar-refractivity contribution in [2.45, 2.75) is 26.2 Å². The lowest BCUT2D eigenvalue weighted by molar-refractivity contribution is -0.113. The van der Waals surface area contributed by atoms with Crippen molar-refractivity contribution in [1.82, 2.24) is 4.90 Å². The maximum Gasteiger partial charge on any atom is 0.234 e. The molecule has 0 atom stereocenters. The van der Waals surface area contributed by atoms with E-state index in [4.69, 9.17) is 12.2 Å². The van der Waals surface area contributed by atoms with Gasteiger partial charge in [-0.3, -0.25) is 4.79 Å².